The second-order valence-corrected chi connectivity index (χ2v) is 5.66. The number of benzene rings is 1. The Morgan fingerprint density at radius 2 is 2.09 bits per heavy atom. The third-order valence-electron chi connectivity index (χ3n) is 3.66. The zero-order chi connectivity index (χ0) is 16.2. The van der Waals surface area contributed by atoms with Crippen molar-refractivity contribution < 1.29 is 14.0 Å². The number of carbonyl (C=O) groups is 2. The van der Waals surface area contributed by atoms with Gasteiger partial charge in [-0.3, -0.25) is 4.79 Å². The van der Waals surface area contributed by atoms with Crippen LogP contribution in [0.2, 0.25) is 0 Å². The summed E-state index contributed by atoms with van der Waals surface area (Å²) in [4.78, 5) is 24.0. The van der Waals surface area contributed by atoms with Crippen LogP contribution < -0.4 is 16.0 Å². The minimum atomic E-state index is -0.343. The van der Waals surface area contributed by atoms with E-state index in [0.717, 1.165) is 18.4 Å². The highest BCUT2D eigenvalue weighted by Gasteiger charge is 2.24. The molecule has 0 saturated heterocycles. The summed E-state index contributed by atoms with van der Waals surface area (Å²) in [6.07, 6.45) is 3.64. The van der Waals surface area contributed by atoms with Crippen LogP contribution in [-0.4, -0.2) is 18.0 Å². The Hall–Kier alpha value is -2.76. The second-order valence-electron chi connectivity index (χ2n) is 5.66. The maximum Gasteiger partial charge on any atom is 0.319 e. The largest absolute Gasteiger partial charge is 0.467 e. The van der Waals surface area contributed by atoms with Crippen LogP contribution in [0.4, 0.5) is 10.5 Å². The Balaban J connectivity index is 1.61. The van der Waals surface area contributed by atoms with Gasteiger partial charge in [-0.2, -0.15) is 0 Å². The van der Waals surface area contributed by atoms with Crippen molar-refractivity contribution in [1.29, 1.82) is 0 Å². The van der Waals surface area contributed by atoms with E-state index >= 15 is 0 Å². The summed E-state index contributed by atoms with van der Waals surface area (Å²) in [5.74, 6) is 0.570. The van der Waals surface area contributed by atoms with Crippen LogP contribution >= 0.6 is 0 Å². The molecule has 1 aromatic heterocycles. The number of amides is 3. The molecule has 23 heavy (non-hydrogen) atoms. The maximum atomic E-state index is 12.1. The molecule has 2 aromatic rings. The molecule has 3 N–H and O–H groups in total. The molecule has 1 fully saturated rings. The van der Waals surface area contributed by atoms with Crippen LogP contribution in [0.5, 0.6) is 0 Å². The molecule has 1 saturated carbocycles. The number of carbonyl (C=O) groups excluding carboxylic acids is 2. The molecule has 0 unspecified atom stereocenters. The van der Waals surface area contributed by atoms with E-state index in [1.54, 1.807) is 30.5 Å². The molecule has 3 rings (SSSR count). The van der Waals surface area contributed by atoms with Crippen molar-refractivity contribution in [2.45, 2.75) is 32.4 Å². The Kier molecular flexibility index (Phi) is 4.32. The lowest BCUT2D eigenvalue weighted by molar-refractivity contribution is 0.0951. The first-order valence-electron chi connectivity index (χ1n) is 7.60. The molecular weight excluding hydrogens is 294 g/mol. The van der Waals surface area contributed by atoms with Crippen molar-refractivity contribution in [1.82, 2.24) is 10.6 Å². The van der Waals surface area contributed by atoms with E-state index in [1.165, 1.54) is 0 Å². The molecule has 1 heterocycles. The van der Waals surface area contributed by atoms with Gasteiger partial charge < -0.3 is 20.4 Å². The van der Waals surface area contributed by atoms with Gasteiger partial charge in [-0.1, -0.05) is 6.07 Å². The highest BCUT2D eigenvalue weighted by Crippen LogP contribution is 2.21. The average Bonchev–Trinajstić information content (AvgIpc) is 3.19. The van der Waals surface area contributed by atoms with Crippen LogP contribution in [0.15, 0.2) is 41.0 Å². The van der Waals surface area contributed by atoms with E-state index in [2.05, 4.69) is 16.0 Å². The van der Waals surface area contributed by atoms with E-state index in [9.17, 15) is 9.59 Å². The average molecular weight is 313 g/mol. The molecule has 1 aliphatic carbocycles. The lowest BCUT2D eigenvalue weighted by atomic mass is 10.1. The van der Waals surface area contributed by atoms with Gasteiger partial charge in [0.05, 0.1) is 12.8 Å². The first-order valence-corrected chi connectivity index (χ1v) is 7.60. The first-order chi connectivity index (χ1) is 11.1. The zero-order valence-corrected chi connectivity index (χ0v) is 12.9. The van der Waals surface area contributed by atoms with Crippen molar-refractivity contribution in [3.8, 4) is 0 Å². The maximum absolute atomic E-state index is 12.1. The third-order valence-corrected chi connectivity index (χ3v) is 3.66. The van der Waals surface area contributed by atoms with E-state index in [-0.39, 0.29) is 11.9 Å². The predicted molar refractivity (Wildman–Crippen MR) is 86.2 cm³/mol. The molecule has 0 atom stereocenters. The minimum Gasteiger partial charge on any atom is -0.467 e. The molecule has 0 spiro atoms. The fourth-order valence-corrected chi connectivity index (χ4v) is 2.14. The minimum absolute atomic E-state index is 0.105. The molecule has 6 heteroatoms. The summed E-state index contributed by atoms with van der Waals surface area (Å²) in [5, 5.41) is 8.41. The number of anilines is 1. The number of hydrogen-bond donors (Lipinski definition) is 3. The summed E-state index contributed by atoms with van der Waals surface area (Å²) in [5.41, 5.74) is 2.05. The Morgan fingerprint density at radius 1 is 1.26 bits per heavy atom. The highest BCUT2D eigenvalue weighted by atomic mass is 16.3. The molecule has 0 radical (unpaired) electrons. The Labute approximate surface area is 134 Å². The number of urea groups is 1. The lowest BCUT2D eigenvalue weighted by Crippen LogP contribution is -2.29. The van der Waals surface area contributed by atoms with Crippen molar-refractivity contribution in [3.63, 3.8) is 0 Å². The highest BCUT2D eigenvalue weighted by molar-refractivity contribution is 5.97. The number of nitrogens with one attached hydrogen (secondary N) is 3. The topological polar surface area (TPSA) is 83.4 Å². The van der Waals surface area contributed by atoms with Gasteiger partial charge >= 0.3 is 6.03 Å². The van der Waals surface area contributed by atoms with Gasteiger partial charge in [0.25, 0.3) is 5.91 Å². The van der Waals surface area contributed by atoms with Crippen LogP contribution in [0.1, 0.15) is 34.5 Å². The van der Waals surface area contributed by atoms with Crippen molar-refractivity contribution in [2.75, 3.05) is 5.32 Å². The quantitative estimate of drug-likeness (QED) is 0.793. The standard InChI is InChI=1S/C17H19N3O3/c1-11-4-5-12(16(21)19-13-6-7-13)9-15(11)20-17(22)18-10-14-3-2-8-23-14/h2-5,8-9,13H,6-7,10H2,1H3,(H,19,21)(H2,18,20,22). The van der Waals surface area contributed by atoms with E-state index in [1.807, 2.05) is 13.0 Å². The van der Waals surface area contributed by atoms with Crippen molar-refractivity contribution >= 4 is 17.6 Å². The van der Waals surface area contributed by atoms with E-state index < -0.39 is 0 Å². The molecule has 3 amide bonds. The molecular formula is C17H19N3O3. The van der Waals surface area contributed by atoms with Crippen molar-refractivity contribution in [2.24, 2.45) is 0 Å². The molecule has 1 aliphatic rings. The van der Waals surface area contributed by atoms with E-state index in [4.69, 9.17) is 4.42 Å². The summed E-state index contributed by atoms with van der Waals surface area (Å²) in [7, 11) is 0. The van der Waals surface area contributed by atoms with Gasteiger partial charge in [-0.05, 0) is 49.6 Å². The number of aryl methyl sites for hydroxylation is 1. The van der Waals surface area contributed by atoms with Crippen LogP contribution in [0, 0.1) is 6.92 Å². The fourth-order valence-electron chi connectivity index (χ4n) is 2.14. The lowest BCUT2D eigenvalue weighted by Gasteiger charge is -2.11. The molecule has 6 nitrogen and oxygen atoms in total. The summed E-state index contributed by atoms with van der Waals surface area (Å²) in [6, 6.07) is 8.79. The molecule has 1 aromatic carbocycles. The van der Waals surface area contributed by atoms with Gasteiger partial charge in [-0.15, -0.1) is 0 Å². The second kappa shape index (κ2) is 6.56. The first kappa shape index (κ1) is 15.1. The number of rotatable bonds is 5. The smallest absolute Gasteiger partial charge is 0.319 e. The molecule has 0 bridgehead atoms. The summed E-state index contributed by atoms with van der Waals surface area (Å²) in [6.45, 7) is 2.18. The normalized spacial score (nSPS) is 13.4. The van der Waals surface area contributed by atoms with Crippen molar-refractivity contribution in [3.05, 3.63) is 53.5 Å². The van der Waals surface area contributed by atoms with Gasteiger partial charge in [0.2, 0.25) is 0 Å². The van der Waals surface area contributed by atoms with Gasteiger partial charge in [0.1, 0.15) is 5.76 Å². The van der Waals surface area contributed by atoms with Crippen LogP contribution in [0.3, 0.4) is 0 Å². The van der Waals surface area contributed by atoms with E-state index in [0.29, 0.717) is 29.6 Å². The predicted octanol–water partition coefficient (Wildman–Crippen LogP) is 2.80. The Bertz CT molecular complexity index is 706. The monoisotopic (exact) mass is 313 g/mol. The molecule has 120 valence electrons. The summed E-state index contributed by atoms with van der Waals surface area (Å²) < 4.78 is 5.16. The zero-order valence-electron chi connectivity index (χ0n) is 12.9. The Morgan fingerprint density at radius 3 is 2.78 bits per heavy atom. The van der Waals surface area contributed by atoms with Crippen LogP contribution in [-0.2, 0) is 6.54 Å². The van der Waals surface area contributed by atoms with Gasteiger partial charge in [0, 0.05) is 17.3 Å². The number of furan rings is 1. The molecule has 0 aliphatic heterocycles. The third kappa shape index (κ3) is 4.12. The SMILES string of the molecule is Cc1ccc(C(=O)NC2CC2)cc1NC(=O)NCc1ccco1. The fraction of sp³-hybridized carbons (Fsp3) is 0.294. The van der Waals surface area contributed by atoms with Gasteiger partial charge in [-0.25, -0.2) is 4.79 Å². The van der Waals surface area contributed by atoms with Crippen LogP contribution in [0.25, 0.3) is 0 Å². The summed E-state index contributed by atoms with van der Waals surface area (Å²) >= 11 is 0. The van der Waals surface area contributed by atoms with Gasteiger partial charge in [0.15, 0.2) is 0 Å². The number of hydrogen-bond acceptors (Lipinski definition) is 3.